The van der Waals surface area contributed by atoms with E-state index in [4.69, 9.17) is 16.3 Å². The molecular weight excluding hydrogens is 392 g/mol. The van der Waals surface area contributed by atoms with Gasteiger partial charge in [0.1, 0.15) is 11.9 Å². The van der Waals surface area contributed by atoms with Gasteiger partial charge in [0.15, 0.2) is 0 Å². The van der Waals surface area contributed by atoms with E-state index in [1.807, 2.05) is 55.5 Å². The zero-order valence-corrected chi connectivity index (χ0v) is 17.9. The summed E-state index contributed by atoms with van der Waals surface area (Å²) in [6, 6.07) is 15.2. The number of anilines is 1. The zero-order chi connectivity index (χ0) is 19.9. The maximum Gasteiger partial charge on any atom is 0.237 e. The Kier molecular flexibility index (Phi) is 7.65. The van der Waals surface area contributed by atoms with E-state index >= 15 is 0 Å². The predicted molar refractivity (Wildman–Crippen MR) is 118 cm³/mol. The minimum Gasteiger partial charge on any atom is -0.490 e. The molecule has 1 N–H and O–H groups in total. The summed E-state index contributed by atoms with van der Waals surface area (Å²) >= 11 is 7.48. The molecule has 28 heavy (non-hydrogen) atoms. The molecule has 150 valence electrons. The molecule has 0 unspecified atom stereocenters. The van der Waals surface area contributed by atoms with Crippen LogP contribution in [0.15, 0.2) is 53.4 Å². The van der Waals surface area contributed by atoms with Gasteiger partial charge < -0.3 is 15.0 Å². The molecule has 0 aromatic heterocycles. The average molecular weight is 419 g/mol. The van der Waals surface area contributed by atoms with Gasteiger partial charge in [-0.1, -0.05) is 18.5 Å². The van der Waals surface area contributed by atoms with Crippen molar-refractivity contribution in [3.63, 3.8) is 0 Å². The highest BCUT2D eigenvalue weighted by Gasteiger charge is 2.19. The van der Waals surface area contributed by atoms with Crippen molar-refractivity contribution in [1.82, 2.24) is 4.90 Å². The highest BCUT2D eigenvalue weighted by atomic mass is 35.5. The van der Waals surface area contributed by atoms with Crippen LogP contribution in [0.1, 0.15) is 26.2 Å². The molecule has 2 aromatic rings. The predicted octanol–water partition coefficient (Wildman–Crippen LogP) is 5.32. The average Bonchev–Trinajstić information content (AvgIpc) is 2.70. The molecule has 3 rings (SSSR count). The van der Waals surface area contributed by atoms with E-state index in [1.165, 1.54) is 0 Å². The summed E-state index contributed by atoms with van der Waals surface area (Å²) in [5.74, 6) is 0.863. The van der Waals surface area contributed by atoms with Crippen molar-refractivity contribution >= 4 is 35.0 Å². The number of hydrogen-bond donors (Lipinski definition) is 1. The highest BCUT2D eigenvalue weighted by molar-refractivity contribution is 8.00. The highest BCUT2D eigenvalue weighted by Crippen LogP contribution is 2.28. The molecular formula is C22H27ClN2O2S. The lowest BCUT2D eigenvalue weighted by atomic mass is 10.1. The summed E-state index contributed by atoms with van der Waals surface area (Å²) in [6.45, 7) is 4.16. The van der Waals surface area contributed by atoms with Crippen LogP contribution in [0.5, 0.6) is 5.75 Å². The van der Waals surface area contributed by atoms with Crippen LogP contribution in [0.3, 0.4) is 0 Å². The van der Waals surface area contributed by atoms with Gasteiger partial charge in [-0.3, -0.25) is 4.79 Å². The van der Waals surface area contributed by atoms with Gasteiger partial charge in [0.05, 0.1) is 5.25 Å². The fourth-order valence-electron chi connectivity index (χ4n) is 3.13. The number of thioether (sulfide) groups is 1. The van der Waals surface area contributed by atoms with Crippen molar-refractivity contribution in [3.05, 3.63) is 53.6 Å². The quantitative estimate of drug-likeness (QED) is 0.617. The molecule has 4 nitrogen and oxygen atoms in total. The Morgan fingerprint density at radius 2 is 1.82 bits per heavy atom. The number of halogens is 1. The van der Waals surface area contributed by atoms with Crippen LogP contribution in [-0.4, -0.2) is 42.3 Å². The Labute approximate surface area is 176 Å². The van der Waals surface area contributed by atoms with E-state index in [0.717, 1.165) is 48.7 Å². The molecule has 6 heteroatoms. The molecule has 0 spiro atoms. The molecule has 0 saturated carbocycles. The fraction of sp³-hybridized carbons (Fsp3) is 0.409. The summed E-state index contributed by atoms with van der Waals surface area (Å²) in [4.78, 5) is 16.0. The lowest BCUT2D eigenvalue weighted by Crippen LogP contribution is -2.35. The maximum atomic E-state index is 12.7. The van der Waals surface area contributed by atoms with Crippen LogP contribution in [0.25, 0.3) is 0 Å². The van der Waals surface area contributed by atoms with Crippen molar-refractivity contribution in [1.29, 1.82) is 0 Å². The summed E-state index contributed by atoms with van der Waals surface area (Å²) in [6.07, 6.45) is 3.12. The zero-order valence-electron chi connectivity index (χ0n) is 16.4. The Bertz CT molecular complexity index is 759. The third-order valence-electron chi connectivity index (χ3n) is 4.85. The number of amides is 1. The molecule has 2 aromatic carbocycles. The van der Waals surface area contributed by atoms with E-state index in [0.29, 0.717) is 5.02 Å². The Balaban J connectivity index is 1.53. The first-order valence-electron chi connectivity index (χ1n) is 9.72. The maximum absolute atomic E-state index is 12.7. The van der Waals surface area contributed by atoms with Crippen LogP contribution in [0.4, 0.5) is 5.69 Å². The molecule has 1 heterocycles. The third kappa shape index (κ3) is 6.16. The molecule has 0 bridgehead atoms. The number of piperidine rings is 1. The minimum absolute atomic E-state index is 0.00596. The van der Waals surface area contributed by atoms with Gasteiger partial charge in [0.2, 0.25) is 5.91 Å². The minimum atomic E-state index is -0.156. The summed E-state index contributed by atoms with van der Waals surface area (Å²) in [5.41, 5.74) is 0.788. The normalized spacial score (nSPS) is 16.5. The number of nitrogens with one attached hydrogen (secondary N) is 1. The number of carbonyl (C=O) groups excluding carboxylic acids is 1. The summed E-state index contributed by atoms with van der Waals surface area (Å²) in [7, 11) is 2.14. The Morgan fingerprint density at radius 1 is 1.18 bits per heavy atom. The first-order valence-corrected chi connectivity index (χ1v) is 11.0. The third-order valence-corrected chi connectivity index (χ3v) is 6.47. The number of ether oxygens (including phenoxy) is 1. The van der Waals surface area contributed by atoms with Crippen molar-refractivity contribution in [3.8, 4) is 5.75 Å². The second-order valence-corrected chi connectivity index (χ2v) is 8.82. The topological polar surface area (TPSA) is 41.6 Å². The van der Waals surface area contributed by atoms with Crippen molar-refractivity contribution in [2.45, 2.75) is 42.4 Å². The number of hydrogen-bond acceptors (Lipinski definition) is 4. The number of benzene rings is 2. The van der Waals surface area contributed by atoms with Crippen molar-refractivity contribution in [2.75, 3.05) is 25.5 Å². The van der Waals surface area contributed by atoms with Crippen LogP contribution in [-0.2, 0) is 4.79 Å². The number of nitrogens with zero attached hydrogens (tertiary/aromatic N) is 1. The smallest absolute Gasteiger partial charge is 0.237 e. The lowest BCUT2D eigenvalue weighted by molar-refractivity contribution is -0.115. The lowest BCUT2D eigenvalue weighted by Gasteiger charge is -2.29. The molecule has 1 amide bonds. The van der Waals surface area contributed by atoms with E-state index in [9.17, 15) is 4.79 Å². The molecule has 1 aliphatic rings. The van der Waals surface area contributed by atoms with Crippen LogP contribution in [0.2, 0.25) is 5.02 Å². The van der Waals surface area contributed by atoms with Crippen molar-refractivity contribution < 1.29 is 9.53 Å². The first kappa shape index (κ1) is 21.0. The monoisotopic (exact) mass is 418 g/mol. The van der Waals surface area contributed by atoms with Gasteiger partial charge in [-0.2, -0.15) is 0 Å². The largest absolute Gasteiger partial charge is 0.490 e. The van der Waals surface area contributed by atoms with E-state index in [2.05, 4.69) is 17.3 Å². The van der Waals surface area contributed by atoms with Crippen LogP contribution < -0.4 is 10.1 Å². The second kappa shape index (κ2) is 10.2. The standard InChI is InChI=1S/C22H27ClN2O2S/c1-3-21(28-20-10-4-16(23)5-11-20)22(26)24-17-6-8-18(9-7-17)27-19-12-14-25(2)15-13-19/h4-11,19,21H,3,12-15H2,1-2H3,(H,24,26)/t21-/m0/s1. The van der Waals surface area contributed by atoms with Gasteiger partial charge in [-0.05, 0) is 74.8 Å². The molecule has 1 aliphatic heterocycles. The molecule has 1 atom stereocenters. The fourth-order valence-corrected chi connectivity index (χ4v) is 4.21. The summed E-state index contributed by atoms with van der Waals surface area (Å²) < 4.78 is 6.07. The second-order valence-electron chi connectivity index (χ2n) is 7.10. The van der Waals surface area contributed by atoms with E-state index < -0.39 is 0 Å². The molecule has 0 radical (unpaired) electrons. The van der Waals surface area contributed by atoms with Crippen LogP contribution >= 0.6 is 23.4 Å². The van der Waals surface area contributed by atoms with Gasteiger partial charge in [0, 0.05) is 28.7 Å². The SMILES string of the molecule is CC[C@H](Sc1ccc(Cl)cc1)C(=O)Nc1ccc(OC2CCN(C)CC2)cc1. The van der Waals surface area contributed by atoms with E-state index in [-0.39, 0.29) is 17.3 Å². The molecule has 1 saturated heterocycles. The Hall–Kier alpha value is -1.69. The number of carbonyl (C=O) groups is 1. The Morgan fingerprint density at radius 3 is 2.43 bits per heavy atom. The van der Waals surface area contributed by atoms with Gasteiger partial charge >= 0.3 is 0 Å². The van der Waals surface area contributed by atoms with Crippen LogP contribution in [0, 0.1) is 0 Å². The van der Waals surface area contributed by atoms with Gasteiger partial charge in [-0.25, -0.2) is 0 Å². The number of rotatable bonds is 7. The first-order chi connectivity index (χ1) is 13.5. The van der Waals surface area contributed by atoms with Gasteiger partial charge in [0.25, 0.3) is 0 Å². The van der Waals surface area contributed by atoms with Crippen molar-refractivity contribution in [2.24, 2.45) is 0 Å². The summed E-state index contributed by atoms with van der Waals surface area (Å²) in [5, 5.41) is 3.56. The van der Waals surface area contributed by atoms with E-state index in [1.54, 1.807) is 11.8 Å². The number of likely N-dealkylation sites (tertiary alicyclic amines) is 1. The molecule has 1 fully saturated rings. The molecule has 0 aliphatic carbocycles. The van der Waals surface area contributed by atoms with Gasteiger partial charge in [-0.15, -0.1) is 11.8 Å².